The second-order valence-corrected chi connectivity index (χ2v) is 5.94. The Morgan fingerprint density at radius 2 is 1.62 bits per heavy atom. The molecule has 3 aromatic carbocycles. The van der Waals surface area contributed by atoms with E-state index < -0.39 is 0 Å². The van der Waals surface area contributed by atoms with E-state index in [1.54, 1.807) is 0 Å². The summed E-state index contributed by atoms with van der Waals surface area (Å²) in [5, 5.41) is 2.48. The number of hydrazine groups is 1. The summed E-state index contributed by atoms with van der Waals surface area (Å²) >= 11 is 3.61. The SMILES string of the molecule is NNC(Cc1ccccc1Br)c1cccc2ccccc12. The van der Waals surface area contributed by atoms with Crippen molar-refractivity contribution in [1.82, 2.24) is 5.43 Å². The fourth-order valence-electron chi connectivity index (χ4n) is 2.70. The summed E-state index contributed by atoms with van der Waals surface area (Å²) in [7, 11) is 0. The Morgan fingerprint density at radius 1 is 0.905 bits per heavy atom. The largest absolute Gasteiger partial charge is 0.271 e. The molecule has 0 heterocycles. The highest BCUT2D eigenvalue weighted by Gasteiger charge is 2.14. The summed E-state index contributed by atoms with van der Waals surface area (Å²) in [6.07, 6.45) is 0.839. The lowest BCUT2D eigenvalue weighted by atomic mass is 9.94. The molecule has 0 saturated carbocycles. The minimum atomic E-state index is 0.0785. The Morgan fingerprint density at radius 3 is 2.43 bits per heavy atom. The van der Waals surface area contributed by atoms with Gasteiger partial charge in [0.05, 0.1) is 6.04 Å². The van der Waals surface area contributed by atoms with Gasteiger partial charge in [0.25, 0.3) is 0 Å². The number of nitrogens with one attached hydrogen (secondary N) is 1. The van der Waals surface area contributed by atoms with Gasteiger partial charge < -0.3 is 0 Å². The average Bonchev–Trinajstić information content (AvgIpc) is 2.54. The first-order valence-corrected chi connectivity index (χ1v) is 7.76. The first-order chi connectivity index (χ1) is 10.3. The van der Waals surface area contributed by atoms with Gasteiger partial charge in [0.1, 0.15) is 0 Å². The molecule has 0 radical (unpaired) electrons. The van der Waals surface area contributed by atoms with Crippen molar-refractivity contribution in [2.24, 2.45) is 5.84 Å². The molecule has 0 fully saturated rings. The number of nitrogens with two attached hydrogens (primary N) is 1. The van der Waals surface area contributed by atoms with Gasteiger partial charge in [-0.25, -0.2) is 0 Å². The molecule has 2 nitrogen and oxygen atoms in total. The zero-order valence-electron chi connectivity index (χ0n) is 11.6. The molecule has 0 amide bonds. The molecule has 0 aliphatic heterocycles. The second kappa shape index (κ2) is 6.39. The van der Waals surface area contributed by atoms with Gasteiger partial charge in [0, 0.05) is 4.47 Å². The summed E-state index contributed by atoms with van der Waals surface area (Å²) in [4.78, 5) is 0. The molecule has 3 rings (SSSR count). The molecule has 0 bridgehead atoms. The van der Waals surface area contributed by atoms with Crippen LogP contribution in [0.25, 0.3) is 10.8 Å². The fraction of sp³-hybridized carbons (Fsp3) is 0.111. The second-order valence-electron chi connectivity index (χ2n) is 5.08. The Labute approximate surface area is 133 Å². The molecule has 3 heteroatoms. The number of hydrogen-bond donors (Lipinski definition) is 2. The van der Waals surface area contributed by atoms with E-state index in [1.807, 2.05) is 6.07 Å². The van der Waals surface area contributed by atoms with Crippen LogP contribution in [0.5, 0.6) is 0 Å². The third-order valence-corrected chi connectivity index (χ3v) is 4.56. The van der Waals surface area contributed by atoms with Crippen molar-refractivity contribution in [3.63, 3.8) is 0 Å². The molecule has 0 saturated heterocycles. The van der Waals surface area contributed by atoms with Gasteiger partial charge in [0.15, 0.2) is 0 Å². The van der Waals surface area contributed by atoms with Gasteiger partial charge in [-0.05, 0) is 34.4 Å². The van der Waals surface area contributed by atoms with Gasteiger partial charge in [0.2, 0.25) is 0 Å². The van der Waals surface area contributed by atoms with Crippen LogP contribution in [-0.4, -0.2) is 0 Å². The molecule has 0 aliphatic carbocycles. The van der Waals surface area contributed by atoms with Crippen molar-refractivity contribution in [2.45, 2.75) is 12.5 Å². The monoisotopic (exact) mass is 340 g/mol. The van der Waals surface area contributed by atoms with Crippen LogP contribution < -0.4 is 11.3 Å². The third kappa shape index (κ3) is 3.00. The van der Waals surface area contributed by atoms with E-state index in [2.05, 4.69) is 82.0 Å². The number of benzene rings is 3. The fourth-order valence-corrected chi connectivity index (χ4v) is 3.14. The van der Waals surface area contributed by atoms with E-state index in [9.17, 15) is 0 Å². The molecule has 3 N–H and O–H groups in total. The van der Waals surface area contributed by atoms with E-state index in [4.69, 9.17) is 5.84 Å². The van der Waals surface area contributed by atoms with Crippen molar-refractivity contribution >= 4 is 26.7 Å². The Hall–Kier alpha value is -1.68. The molecule has 1 unspecified atom stereocenters. The van der Waals surface area contributed by atoms with Gasteiger partial charge in [-0.15, -0.1) is 0 Å². The summed E-state index contributed by atoms with van der Waals surface area (Å²) in [6.45, 7) is 0. The molecular weight excluding hydrogens is 324 g/mol. The lowest BCUT2D eigenvalue weighted by Crippen LogP contribution is -2.29. The van der Waals surface area contributed by atoms with E-state index in [1.165, 1.54) is 21.9 Å². The van der Waals surface area contributed by atoms with Crippen molar-refractivity contribution in [1.29, 1.82) is 0 Å². The van der Waals surface area contributed by atoms with Gasteiger partial charge in [-0.3, -0.25) is 11.3 Å². The first-order valence-electron chi connectivity index (χ1n) is 6.97. The van der Waals surface area contributed by atoms with Gasteiger partial charge >= 0.3 is 0 Å². The third-order valence-electron chi connectivity index (χ3n) is 3.78. The minimum Gasteiger partial charge on any atom is -0.271 e. The summed E-state index contributed by atoms with van der Waals surface area (Å²) in [5.41, 5.74) is 5.44. The summed E-state index contributed by atoms with van der Waals surface area (Å²) in [5.74, 6) is 5.83. The van der Waals surface area contributed by atoms with Gasteiger partial charge in [-0.2, -0.15) is 0 Å². The Kier molecular flexibility index (Phi) is 4.34. The lowest BCUT2D eigenvalue weighted by Gasteiger charge is -2.19. The molecule has 0 aliphatic rings. The van der Waals surface area contributed by atoms with Crippen LogP contribution in [0.2, 0.25) is 0 Å². The zero-order chi connectivity index (χ0) is 14.7. The van der Waals surface area contributed by atoms with Crippen molar-refractivity contribution in [3.05, 3.63) is 82.3 Å². The number of hydrogen-bond acceptors (Lipinski definition) is 2. The molecular formula is C18H17BrN2. The standard InChI is InChI=1S/C18H17BrN2/c19-17-11-4-2-7-14(17)12-18(21-20)16-10-5-8-13-6-1-3-9-15(13)16/h1-11,18,21H,12,20H2. The molecule has 21 heavy (non-hydrogen) atoms. The van der Waals surface area contributed by atoms with E-state index in [-0.39, 0.29) is 6.04 Å². The van der Waals surface area contributed by atoms with E-state index in [0.29, 0.717) is 0 Å². The van der Waals surface area contributed by atoms with Crippen LogP contribution in [0, 0.1) is 0 Å². The summed E-state index contributed by atoms with van der Waals surface area (Å²) < 4.78 is 1.12. The maximum atomic E-state index is 5.83. The smallest absolute Gasteiger partial charge is 0.0506 e. The highest BCUT2D eigenvalue weighted by atomic mass is 79.9. The Balaban J connectivity index is 2.01. The van der Waals surface area contributed by atoms with Crippen LogP contribution in [-0.2, 0) is 6.42 Å². The number of rotatable bonds is 4. The zero-order valence-corrected chi connectivity index (χ0v) is 13.2. The van der Waals surface area contributed by atoms with Crippen molar-refractivity contribution in [3.8, 4) is 0 Å². The van der Waals surface area contributed by atoms with E-state index >= 15 is 0 Å². The normalized spacial score (nSPS) is 12.5. The molecule has 3 aromatic rings. The Bertz CT molecular complexity index is 750. The highest BCUT2D eigenvalue weighted by molar-refractivity contribution is 9.10. The highest BCUT2D eigenvalue weighted by Crippen LogP contribution is 2.28. The molecule has 0 aromatic heterocycles. The number of halogens is 1. The van der Waals surface area contributed by atoms with Crippen LogP contribution in [0.3, 0.4) is 0 Å². The van der Waals surface area contributed by atoms with Crippen LogP contribution in [0.1, 0.15) is 17.2 Å². The summed E-state index contributed by atoms with van der Waals surface area (Å²) in [6, 6.07) is 23.1. The average molecular weight is 341 g/mol. The predicted molar refractivity (Wildman–Crippen MR) is 91.9 cm³/mol. The number of fused-ring (bicyclic) bond motifs is 1. The van der Waals surface area contributed by atoms with Crippen molar-refractivity contribution in [2.75, 3.05) is 0 Å². The van der Waals surface area contributed by atoms with Crippen molar-refractivity contribution < 1.29 is 0 Å². The van der Waals surface area contributed by atoms with Gasteiger partial charge in [-0.1, -0.05) is 76.6 Å². The molecule has 1 atom stereocenters. The first kappa shape index (κ1) is 14.3. The quantitative estimate of drug-likeness (QED) is 0.547. The molecule has 0 spiro atoms. The predicted octanol–water partition coefficient (Wildman–Crippen LogP) is 4.35. The topological polar surface area (TPSA) is 38.0 Å². The minimum absolute atomic E-state index is 0.0785. The van der Waals surface area contributed by atoms with Crippen LogP contribution in [0.15, 0.2) is 71.2 Å². The molecule has 106 valence electrons. The maximum Gasteiger partial charge on any atom is 0.0506 e. The van der Waals surface area contributed by atoms with Crippen LogP contribution >= 0.6 is 15.9 Å². The maximum absolute atomic E-state index is 5.83. The van der Waals surface area contributed by atoms with Crippen LogP contribution in [0.4, 0.5) is 0 Å². The van der Waals surface area contributed by atoms with E-state index in [0.717, 1.165) is 10.9 Å². The lowest BCUT2D eigenvalue weighted by molar-refractivity contribution is 0.555.